The summed E-state index contributed by atoms with van der Waals surface area (Å²) in [4.78, 5) is 17.0. The van der Waals surface area contributed by atoms with E-state index in [9.17, 15) is 4.79 Å². The van der Waals surface area contributed by atoms with Crippen molar-refractivity contribution in [3.05, 3.63) is 78.4 Å². The van der Waals surface area contributed by atoms with Gasteiger partial charge in [0.25, 0.3) is 5.91 Å². The van der Waals surface area contributed by atoms with E-state index in [2.05, 4.69) is 16.4 Å². The molecule has 1 aromatic heterocycles. The van der Waals surface area contributed by atoms with Crippen LogP contribution < -0.4 is 10.1 Å². The van der Waals surface area contributed by atoms with Crippen molar-refractivity contribution in [1.29, 1.82) is 0 Å². The quantitative estimate of drug-likeness (QED) is 0.516. The van der Waals surface area contributed by atoms with E-state index in [1.54, 1.807) is 11.3 Å². The molecule has 0 bridgehead atoms. The first-order valence-corrected chi connectivity index (χ1v) is 9.45. The third kappa shape index (κ3) is 3.83. The second-order valence-electron chi connectivity index (χ2n) is 6.13. The average Bonchev–Trinajstić information content (AvgIpc) is 3.12. The highest BCUT2D eigenvalue weighted by molar-refractivity contribution is 7.21. The Hall–Kier alpha value is -3.18. The monoisotopic (exact) mass is 374 g/mol. The zero-order valence-electron chi connectivity index (χ0n) is 14.8. The van der Waals surface area contributed by atoms with Crippen LogP contribution in [-0.4, -0.2) is 17.5 Å². The van der Waals surface area contributed by atoms with Crippen LogP contribution in [0.4, 0.5) is 5.69 Å². The van der Waals surface area contributed by atoms with Gasteiger partial charge in [-0.2, -0.15) is 0 Å². The maximum atomic E-state index is 12.3. The topological polar surface area (TPSA) is 51.2 Å². The Balaban J connectivity index is 1.51. The molecule has 0 fully saturated rings. The molecule has 27 heavy (non-hydrogen) atoms. The number of fused-ring (bicyclic) bond motifs is 1. The highest BCUT2D eigenvalue weighted by Gasteiger charge is 2.13. The predicted octanol–water partition coefficient (Wildman–Crippen LogP) is 5.29. The van der Waals surface area contributed by atoms with Crippen LogP contribution >= 0.6 is 11.3 Å². The molecule has 0 aliphatic rings. The van der Waals surface area contributed by atoms with Gasteiger partial charge in [0.2, 0.25) is 0 Å². The minimum Gasteiger partial charge on any atom is -0.483 e. The third-order valence-electron chi connectivity index (χ3n) is 4.19. The number of aromatic nitrogens is 1. The summed E-state index contributed by atoms with van der Waals surface area (Å²) < 4.78 is 6.94. The molecule has 1 heterocycles. The highest BCUT2D eigenvalue weighted by atomic mass is 32.1. The standard InChI is InChI=1S/C22H18N2O2S/c1-15-8-2-4-10-17(15)23-21(25)14-26-19-12-6-3-9-16(19)22-24-18-11-5-7-13-20(18)27-22/h2-13H,14H2,1H3,(H,23,25). The number of anilines is 1. The fraction of sp³-hybridized carbons (Fsp3) is 0.0909. The molecule has 0 aliphatic heterocycles. The number of carbonyl (C=O) groups excluding carboxylic acids is 1. The van der Waals surface area contributed by atoms with Gasteiger partial charge >= 0.3 is 0 Å². The van der Waals surface area contributed by atoms with Crippen LogP contribution in [0, 0.1) is 6.92 Å². The fourth-order valence-corrected chi connectivity index (χ4v) is 3.80. The van der Waals surface area contributed by atoms with E-state index >= 15 is 0 Å². The molecule has 0 saturated heterocycles. The zero-order valence-corrected chi connectivity index (χ0v) is 15.6. The normalized spacial score (nSPS) is 10.7. The van der Waals surface area contributed by atoms with E-state index in [0.717, 1.165) is 32.0 Å². The Bertz CT molecular complexity index is 1070. The van der Waals surface area contributed by atoms with Crippen LogP contribution in [0.1, 0.15) is 5.56 Å². The molecule has 4 rings (SSSR count). The molecule has 0 radical (unpaired) electrons. The van der Waals surface area contributed by atoms with Crippen molar-refractivity contribution < 1.29 is 9.53 Å². The summed E-state index contributed by atoms with van der Waals surface area (Å²) in [5.41, 5.74) is 3.67. The third-order valence-corrected chi connectivity index (χ3v) is 5.26. The number of carbonyl (C=O) groups is 1. The maximum absolute atomic E-state index is 12.3. The molecule has 4 nitrogen and oxygen atoms in total. The molecule has 1 amide bonds. The number of hydrogen-bond donors (Lipinski definition) is 1. The van der Waals surface area contributed by atoms with Gasteiger partial charge in [-0.3, -0.25) is 4.79 Å². The number of thiazole rings is 1. The zero-order chi connectivity index (χ0) is 18.6. The Kier molecular flexibility index (Phi) is 4.85. The van der Waals surface area contributed by atoms with Crippen molar-refractivity contribution in [2.24, 2.45) is 0 Å². The number of hydrogen-bond acceptors (Lipinski definition) is 4. The lowest BCUT2D eigenvalue weighted by Gasteiger charge is -2.11. The van der Waals surface area contributed by atoms with E-state index in [4.69, 9.17) is 4.74 Å². The minimum atomic E-state index is -0.191. The van der Waals surface area contributed by atoms with Gasteiger partial charge in [0.15, 0.2) is 6.61 Å². The summed E-state index contributed by atoms with van der Waals surface area (Å²) in [6, 6.07) is 23.4. The molecule has 0 aliphatic carbocycles. The van der Waals surface area contributed by atoms with Crippen LogP contribution in [0.2, 0.25) is 0 Å². The van der Waals surface area contributed by atoms with Crippen LogP contribution in [0.5, 0.6) is 5.75 Å². The SMILES string of the molecule is Cc1ccccc1NC(=O)COc1ccccc1-c1nc2ccccc2s1. The molecular weight excluding hydrogens is 356 g/mol. The number of rotatable bonds is 5. The van der Waals surface area contributed by atoms with Crippen LogP contribution in [0.25, 0.3) is 20.8 Å². The lowest BCUT2D eigenvalue weighted by molar-refractivity contribution is -0.118. The highest BCUT2D eigenvalue weighted by Crippen LogP contribution is 2.35. The first-order chi connectivity index (χ1) is 13.2. The maximum Gasteiger partial charge on any atom is 0.262 e. The van der Waals surface area contributed by atoms with Gasteiger partial charge in [-0.25, -0.2) is 4.98 Å². The summed E-state index contributed by atoms with van der Waals surface area (Å²) in [6.07, 6.45) is 0. The largest absolute Gasteiger partial charge is 0.483 e. The van der Waals surface area contributed by atoms with E-state index in [0.29, 0.717) is 5.75 Å². The number of aryl methyl sites for hydroxylation is 1. The van der Waals surface area contributed by atoms with E-state index in [-0.39, 0.29) is 12.5 Å². The first kappa shape index (κ1) is 17.2. The summed E-state index contributed by atoms with van der Waals surface area (Å²) in [7, 11) is 0. The van der Waals surface area contributed by atoms with Gasteiger partial charge in [-0.15, -0.1) is 11.3 Å². The molecule has 0 spiro atoms. The molecule has 0 atom stereocenters. The molecule has 4 aromatic rings. The van der Waals surface area contributed by atoms with Crippen molar-refractivity contribution >= 4 is 33.1 Å². The Morgan fingerprint density at radius 3 is 2.59 bits per heavy atom. The summed E-state index contributed by atoms with van der Waals surface area (Å²) in [6.45, 7) is 1.90. The molecule has 0 unspecified atom stereocenters. The van der Waals surface area contributed by atoms with Crippen molar-refractivity contribution in [3.63, 3.8) is 0 Å². The van der Waals surface area contributed by atoms with Gasteiger partial charge in [-0.1, -0.05) is 42.5 Å². The average molecular weight is 374 g/mol. The van der Waals surface area contributed by atoms with E-state index in [1.165, 1.54) is 0 Å². The number of amides is 1. The second-order valence-corrected chi connectivity index (χ2v) is 7.17. The number of ether oxygens (including phenoxy) is 1. The van der Waals surface area contributed by atoms with Gasteiger partial charge in [0.05, 0.1) is 15.8 Å². The van der Waals surface area contributed by atoms with Gasteiger partial charge in [-0.05, 0) is 42.8 Å². The van der Waals surface area contributed by atoms with Crippen LogP contribution in [0.3, 0.4) is 0 Å². The Morgan fingerprint density at radius 2 is 1.74 bits per heavy atom. The lowest BCUT2D eigenvalue weighted by atomic mass is 10.2. The molecule has 0 saturated carbocycles. The van der Waals surface area contributed by atoms with E-state index < -0.39 is 0 Å². The Labute approximate surface area is 161 Å². The van der Waals surface area contributed by atoms with Gasteiger partial charge < -0.3 is 10.1 Å². The number of nitrogens with one attached hydrogen (secondary N) is 1. The number of nitrogens with zero attached hydrogens (tertiary/aromatic N) is 1. The number of benzene rings is 3. The van der Waals surface area contributed by atoms with Crippen molar-refractivity contribution in [1.82, 2.24) is 4.98 Å². The van der Waals surface area contributed by atoms with Crippen molar-refractivity contribution in [3.8, 4) is 16.3 Å². The van der Waals surface area contributed by atoms with Crippen molar-refractivity contribution in [2.45, 2.75) is 6.92 Å². The lowest BCUT2D eigenvalue weighted by Crippen LogP contribution is -2.20. The van der Waals surface area contributed by atoms with Crippen LogP contribution in [-0.2, 0) is 4.79 Å². The van der Waals surface area contributed by atoms with Crippen molar-refractivity contribution in [2.75, 3.05) is 11.9 Å². The minimum absolute atomic E-state index is 0.0593. The first-order valence-electron chi connectivity index (χ1n) is 8.64. The molecule has 134 valence electrons. The predicted molar refractivity (Wildman–Crippen MR) is 110 cm³/mol. The number of para-hydroxylation sites is 3. The molecule has 1 N–H and O–H groups in total. The smallest absolute Gasteiger partial charge is 0.262 e. The van der Waals surface area contributed by atoms with E-state index in [1.807, 2.05) is 73.7 Å². The van der Waals surface area contributed by atoms with Gasteiger partial charge in [0, 0.05) is 5.69 Å². The molecule has 5 heteroatoms. The Morgan fingerprint density at radius 1 is 1.00 bits per heavy atom. The summed E-state index contributed by atoms with van der Waals surface area (Å²) in [5, 5.41) is 3.76. The summed E-state index contributed by atoms with van der Waals surface area (Å²) >= 11 is 1.61. The second kappa shape index (κ2) is 7.60. The molecular formula is C22H18N2O2S. The van der Waals surface area contributed by atoms with Gasteiger partial charge in [0.1, 0.15) is 10.8 Å². The van der Waals surface area contributed by atoms with Crippen LogP contribution in [0.15, 0.2) is 72.8 Å². The molecule has 3 aromatic carbocycles. The summed E-state index contributed by atoms with van der Waals surface area (Å²) in [5.74, 6) is 0.458. The fourth-order valence-electron chi connectivity index (χ4n) is 2.80.